The zero-order valence-electron chi connectivity index (χ0n) is 9.84. The first-order valence-corrected chi connectivity index (χ1v) is 5.24. The number of hydrogen-bond acceptors (Lipinski definition) is 4. The van der Waals surface area contributed by atoms with E-state index in [0.717, 1.165) is 5.69 Å². The minimum absolute atomic E-state index is 0.0846. The summed E-state index contributed by atoms with van der Waals surface area (Å²) < 4.78 is 4.85. The zero-order valence-corrected chi connectivity index (χ0v) is 9.84. The standard InChI is InChI=1S/C12H15NO4/c1-3-17-12(16)9-4-6-10(7-5-9)13(2)8-11(14)15/h4-7H,3,8H2,1-2H3,(H,14,15). The molecule has 5 nitrogen and oxygen atoms in total. The SMILES string of the molecule is CCOC(=O)c1ccc(N(C)CC(=O)O)cc1. The molecule has 0 amide bonds. The summed E-state index contributed by atoms with van der Waals surface area (Å²) in [6, 6.07) is 6.61. The van der Waals surface area contributed by atoms with Crippen LogP contribution in [0.25, 0.3) is 0 Å². The van der Waals surface area contributed by atoms with Gasteiger partial charge >= 0.3 is 11.9 Å². The van der Waals surface area contributed by atoms with Crippen LogP contribution in [0.4, 0.5) is 5.69 Å². The van der Waals surface area contributed by atoms with E-state index in [4.69, 9.17) is 9.84 Å². The van der Waals surface area contributed by atoms with Crippen LogP contribution in [0.1, 0.15) is 17.3 Å². The Balaban J connectivity index is 2.73. The molecule has 5 heteroatoms. The molecule has 0 radical (unpaired) electrons. The van der Waals surface area contributed by atoms with Crippen LogP contribution in [-0.2, 0) is 9.53 Å². The highest BCUT2D eigenvalue weighted by Crippen LogP contribution is 2.14. The van der Waals surface area contributed by atoms with Gasteiger partial charge in [0.2, 0.25) is 0 Å². The summed E-state index contributed by atoms with van der Waals surface area (Å²) in [5, 5.41) is 8.64. The van der Waals surface area contributed by atoms with Crippen molar-refractivity contribution < 1.29 is 19.4 Å². The Morgan fingerprint density at radius 3 is 2.35 bits per heavy atom. The summed E-state index contributed by atoms with van der Waals surface area (Å²) in [4.78, 5) is 23.5. The molecule has 0 aliphatic rings. The summed E-state index contributed by atoms with van der Waals surface area (Å²) >= 11 is 0. The van der Waals surface area contributed by atoms with Crippen LogP contribution in [0.3, 0.4) is 0 Å². The summed E-state index contributed by atoms with van der Waals surface area (Å²) in [7, 11) is 1.67. The van der Waals surface area contributed by atoms with E-state index in [2.05, 4.69) is 0 Å². The van der Waals surface area contributed by atoms with Crippen molar-refractivity contribution in [2.75, 3.05) is 25.1 Å². The molecule has 0 saturated carbocycles. The van der Waals surface area contributed by atoms with Gasteiger partial charge in [-0.25, -0.2) is 4.79 Å². The maximum absolute atomic E-state index is 11.4. The molecular formula is C12H15NO4. The lowest BCUT2D eigenvalue weighted by molar-refractivity contribution is -0.135. The number of benzene rings is 1. The van der Waals surface area contributed by atoms with Crippen LogP contribution >= 0.6 is 0 Å². The molecule has 0 atom stereocenters. The van der Waals surface area contributed by atoms with Crippen molar-refractivity contribution in [3.8, 4) is 0 Å². The predicted molar refractivity (Wildman–Crippen MR) is 63.3 cm³/mol. The molecule has 0 aromatic heterocycles. The number of likely N-dealkylation sites (N-methyl/N-ethyl adjacent to an activating group) is 1. The van der Waals surface area contributed by atoms with Gasteiger partial charge in [-0.05, 0) is 31.2 Å². The topological polar surface area (TPSA) is 66.8 Å². The van der Waals surface area contributed by atoms with Crippen molar-refractivity contribution in [2.45, 2.75) is 6.92 Å². The van der Waals surface area contributed by atoms with Gasteiger partial charge in [-0.2, -0.15) is 0 Å². The Hall–Kier alpha value is -2.04. The molecule has 0 aliphatic carbocycles. The van der Waals surface area contributed by atoms with Crippen LogP contribution in [0.15, 0.2) is 24.3 Å². The van der Waals surface area contributed by atoms with E-state index in [-0.39, 0.29) is 12.5 Å². The second kappa shape index (κ2) is 5.89. The molecule has 1 N–H and O–H groups in total. The minimum atomic E-state index is -0.901. The van der Waals surface area contributed by atoms with Gasteiger partial charge in [0, 0.05) is 12.7 Å². The molecule has 92 valence electrons. The van der Waals surface area contributed by atoms with Crippen LogP contribution < -0.4 is 4.90 Å². The predicted octanol–water partition coefficient (Wildman–Crippen LogP) is 1.38. The molecule has 0 unspecified atom stereocenters. The second-order valence-corrected chi connectivity index (χ2v) is 3.52. The van der Waals surface area contributed by atoms with Crippen molar-refractivity contribution in [3.63, 3.8) is 0 Å². The number of ether oxygens (including phenoxy) is 1. The van der Waals surface area contributed by atoms with Crippen molar-refractivity contribution >= 4 is 17.6 Å². The van der Waals surface area contributed by atoms with Gasteiger partial charge in [-0.3, -0.25) is 4.79 Å². The van der Waals surface area contributed by atoms with Crippen LogP contribution in [0, 0.1) is 0 Å². The number of rotatable bonds is 5. The Morgan fingerprint density at radius 1 is 1.29 bits per heavy atom. The van der Waals surface area contributed by atoms with E-state index in [0.29, 0.717) is 12.2 Å². The zero-order chi connectivity index (χ0) is 12.8. The largest absolute Gasteiger partial charge is 0.480 e. The number of carbonyl (C=O) groups is 2. The number of anilines is 1. The van der Waals surface area contributed by atoms with Gasteiger partial charge in [0.05, 0.1) is 12.2 Å². The molecule has 1 aromatic carbocycles. The summed E-state index contributed by atoms with van der Waals surface area (Å²) in [5.41, 5.74) is 1.19. The highest BCUT2D eigenvalue weighted by atomic mass is 16.5. The van der Waals surface area contributed by atoms with Crippen molar-refractivity contribution in [1.29, 1.82) is 0 Å². The summed E-state index contributed by atoms with van der Waals surface area (Å²) in [6.07, 6.45) is 0. The Bertz CT molecular complexity index is 399. The van der Waals surface area contributed by atoms with Gasteiger partial charge in [0.25, 0.3) is 0 Å². The van der Waals surface area contributed by atoms with Crippen molar-refractivity contribution in [3.05, 3.63) is 29.8 Å². The molecule has 0 aliphatic heterocycles. The maximum atomic E-state index is 11.4. The maximum Gasteiger partial charge on any atom is 0.338 e. The van der Waals surface area contributed by atoms with E-state index < -0.39 is 5.97 Å². The summed E-state index contributed by atoms with van der Waals surface area (Å²) in [5.74, 6) is -1.28. The molecule has 0 bridgehead atoms. The highest BCUT2D eigenvalue weighted by molar-refractivity contribution is 5.89. The quantitative estimate of drug-likeness (QED) is 0.784. The average Bonchev–Trinajstić information content (AvgIpc) is 2.28. The smallest absolute Gasteiger partial charge is 0.338 e. The van der Waals surface area contributed by atoms with Gasteiger partial charge in [0.1, 0.15) is 6.54 Å². The Kier molecular flexibility index (Phi) is 4.51. The lowest BCUT2D eigenvalue weighted by atomic mass is 10.2. The number of carbonyl (C=O) groups excluding carboxylic acids is 1. The third kappa shape index (κ3) is 3.79. The van der Waals surface area contributed by atoms with Crippen molar-refractivity contribution in [2.24, 2.45) is 0 Å². The van der Waals surface area contributed by atoms with E-state index in [1.54, 1.807) is 43.1 Å². The number of aliphatic carboxylic acids is 1. The van der Waals surface area contributed by atoms with E-state index >= 15 is 0 Å². The molecule has 0 spiro atoms. The second-order valence-electron chi connectivity index (χ2n) is 3.52. The van der Waals surface area contributed by atoms with Crippen LogP contribution in [0.2, 0.25) is 0 Å². The lowest BCUT2D eigenvalue weighted by Gasteiger charge is -2.16. The van der Waals surface area contributed by atoms with Crippen molar-refractivity contribution in [1.82, 2.24) is 0 Å². The average molecular weight is 237 g/mol. The van der Waals surface area contributed by atoms with Crippen LogP contribution in [0.5, 0.6) is 0 Å². The first-order chi connectivity index (χ1) is 8.04. The fourth-order valence-corrected chi connectivity index (χ4v) is 1.36. The summed E-state index contributed by atoms with van der Waals surface area (Å²) in [6.45, 7) is 1.99. The fourth-order valence-electron chi connectivity index (χ4n) is 1.36. The number of esters is 1. The third-order valence-electron chi connectivity index (χ3n) is 2.19. The van der Waals surface area contributed by atoms with Gasteiger partial charge < -0.3 is 14.7 Å². The van der Waals surface area contributed by atoms with E-state index in [1.807, 2.05) is 0 Å². The molecule has 0 fully saturated rings. The Labute approximate surface area is 99.6 Å². The molecular weight excluding hydrogens is 222 g/mol. The number of carboxylic acids is 1. The normalized spacial score (nSPS) is 9.76. The molecule has 17 heavy (non-hydrogen) atoms. The number of carboxylic acid groups (broad SMARTS) is 1. The fraction of sp³-hybridized carbons (Fsp3) is 0.333. The van der Waals surface area contributed by atoms with E-state index in [9.17, 15) is 9.59 Å². The van der Waals surface area contributed by atoms with Gasteiger partial charge in [-0.15, -0.1) is 0 Å². The van der Waals surface area contributed by atoms with Gasteiger partial charge in [0.15, 0.2) is 0 Å². The first-order valence-electron chi connectivity index (χ1n) is 5.24. The number of nitrogens with zero attached hydrogens (tertiary/aromatic N) is 1. The minimum Gasteiger partial charge on any atom is -0.480 e. The molecule has 0 saturated heterocycles. The molecule has 0 heterocycles. The van der Waals surface area contributed by atoms with Crippen LogP contribution in [-0.4, -0.2) is 37.2 Å². The number of hydrogen-bond donors (Lipinski definition) is 1. The monoisotopic (exact) mass is 237 g/mol. The first kappa shape index (κ1) is 13.0. The Morgan fingerprint density at radius 2 is 1.88 bits per heavy atom. The lowest BCUT2D eigenvalue weighted by Crippen LogP contribution is -2.25. The molecule has 1 rings (SSSR count). The van der Waals surface area contributed by atoms with E-state index in [1.165, 1.54) is 0 Å². The molecule has 1 aromatic rings. The third-order valence-corrected chi connectivity index (χ3v) is 2.19. The van der Waals surface area contributed by atoms with Gasteiger partial charge in [-0.1, -0.05) is 0 Å². The highest BCUT2D eigenvalue weighted by Gasteiger charge is 2.08.